The third-order valence-electron chi connectivity index (χ3n) is 3.51. The van der Waals surface area contributed by atoms with Gasteiger partial charge in [-0.05, 0) is 37.5 Å². The van der Waals surface area contributed by atoms with E-state index in [4.69, 9.17) is 4.74 Å². The fourth-order valence-electron chi connectivity index (χ4n) is 1.86. The minimum Gasteiger partial charge on any atom is -0.374 e. The number of nitrogens with one attached hydrogen (secondary N) is 1. The van der Waals surface area contributed by atoms with E-state index in [1.165, 1.54) is 0 Å². The van der Waals surface area contributed by atoms with E-state index < -0.39 is 0 Å². The van der Waals surface area contributed by atoms with Crippen molar-refractivity contribution in [1.29, 1.82) is 0 Å². The topological polar surface area (TPSA) is 38.3 Å². The molecular formula is C17H27NO2. The second-order valence-corrected chi connectivity index (χ2v) is 5.41. The normalized spacial score (nSPS) is 13.8. The lowest BCUT2D eigenvalue weighted by Gasteiger charge is -2.13. The van der Waals surface area contributed by atoms with E-state index in [1.807, 2.05) is 38.1 Å². The van der Waals surface area contributed by atoms with Crippen molar-refractivity contribution in [2.24, 2.45) is 5.92 Å². The maximum atomic E-state index is 11.8. The van der Waals surface area contributed by atoms with Gasteiger partial charge in [0.15, 0.2) is 0 Å². The van der Waals surface area contributed by atoms with Crippen LogP contribution in [0.2, 0.25) is 0 Å². The Balaban J connectivity index is 2.46. The zero-order valence-electron chi connectivity index (χ0n) is 13.1. The summed E-state index contributed by atoms with van der Waals surface area (Å²) in [6, 6.07) is 7.88. The van der Waals surface area contributed by atoms with Crippen LogP contribution in [-0.2, 0) is 16.1 Å². The molecule has 0 aliphatic heterocycles. The molecule has 3 nitrogen and oxygen atoms in total. The quantitative estimate of drug-likeness (QED) is 0.766. The number of ether oxygens (including phenoxy) is 1. The van der Waals surface area contributed by atoms with Gasteiger partial charge in [0.2, 0.25) is 5.91 Å². The Bertz CT molecular complexity index is 400. The smallest absolute Gasteiger partial charge is 0.227 e. The number of rotatable bonds is 8. The first-order valence-electron chi connectivity index (χ1n) is 7.58. The molecule has 0 radical (unpaired) electrons. The highest BCUT2D eigenvalue weighted by molar-refractivity contribution is 5.92. The molecule has 1 aromatic carbocycles. The number of hydrogen-bond acceptors (Lipinski definition) is 2. The van der Waals surface area contributed by atoms with Gasteiger partial charge in [-0.2, -0.15) is 0 Å². The zero-order valence-corrected chi connectivity index (χ0v) is 13.1. The van der Waals surface area contributed by atoms with Crippen molar-refractivity contribution in [2.75, 3.05) is 5.32 Å². The third-order valence-corrected chi connectivity index (χ3v) is 3.51. The molecule has 0 bridgehead atoms. The average Bonchev–Trinajstić information content (AvgIpc) is 2.46. The predicted molar refractivity (Wildman–Crippen MR) is 83.7 cm³/mol. The zero-order chi connectivity index (χ0) is 15.0. The average molecular weight is 277 g/mol. The lowest BCUT2D eigenvalue weighted by Crippen LogP contribution is -2.19. The predicted octanol–water partition coefficient (Wildman–Crippen LogP) is 4.38. The number of amides is 1. The summed E-state index contributed by atoms with van der Waals surface area (Å²) in [5.41, 5.74) is 1.98. The number of carbonyl (C=O) groups excluding carboxylic acids is 1. The molecule has 3 heteroatoms. The van der Waals surface area contributed by atoms with Gasteiger partial charge in [0.1, 0.15) is 0 Å². The largest absolute Gasteiger partial charge is 0.374 e. The number of anilines is 1. The monoisotopic (exact) mass is 277 g/mol. The van der Waals surface area contributed by atoms with Gasteiger partial charge in [0, 0.05) is 11.6 Å². The molecule has 1 amide bonds. The van der Waals surface area contributed by atoms with Crippen molar-refractivity contribution in [2.45, 2.75) is 59.7 Å². The van der Waals surface area contributed by atoms with Gasteiger partial charge in [0.25, 0.3) is 0 Å². The summed E-state index contributed by atoms with van der Waals surface area (Å²) < 4.78 is 5.76. The summed E-state index contributed by atoms with van der Waals surface area (Å²) >= 11 is 0. The van der Waals surface area contributed by atoms with Gasteiger partial charge in [-0.1, -0.05) is 39.3 Å². The molecule has 2 atom stereocenters. The van der Waals surface area contributed by atoms with Crippen LogP contribution in [0.5, 0.6) is 0 Å². The third kappa shape index (κ3) is 5.74. The first-order chi connectivity index (χ1) is 9.56. The molecule has 1 N–H and O–H groups in total. The minimum absolute atomic E-state index is 0.0490. The number of carbonyl (C=O) groups is 1. The van der Waals surface area contributed by atoms with E-state index >= 15 is 0 Å². The van der Waals surface area contributed by atoms with Gasteiger partial charge in [-0.25, -0.2) is 0 Å². The van der Waals surface area contributed by atoms with E-state index in [2.05, 4.69) is 19.2 Å². The maximum Gasteiger partial charge on any atom is 0.227 e. The van der Waals surface area contributed by atoms with Crippen LogP contribution in [0.4, 0.5) is 5.69 Å². The van der Waals surface area contributed by atoms with Gasteiger partial charge < -0.3 is 10.1 Å². The second kappa shape index (κ2) is 8.75. The molecule has 0 saturated carbocycles. The molecule has 0 fully saturated rings. The van der Waals surface area contributed by atoms with E-state index in [1.54, 1.807) is 0 Å². The molecule has 0 aromatic heterocycles. The first kappa shape index (κ1) is 16.7. The number of hydrogen-bond donors (Lipinski definition) is 1. The summed E-state index contributed by atoms with van der Waals surface area (Å²) in [7, 11) is 0. The molecule has 112 valence electrons. The minimum atomic E-state index is 0.0490. The van der Waals surface area contributed by atoms with Crippen LogP contribution < -0.4 is 5.32 Å². The lowest BCUT2D eigenvalue weighted by molar-refractivity contribution is -0.119. The second-order valence-electron chi connectivity index (χ2n) is 5.41. The summed E-state index contributed by atoms with van der Waals surface area (Å²) in [6.45, 7) is 8.84. The highest BCUT2D eigenvalue weighted by atomic mass is 16.5. The fraction of sp³-hybridized carbons (Fsp3) is 0.588. The molecule has 2 unspecified atom stereocenters. The summed E-state index contributed by atoms with van der Waals surface area (Å²) in [6.07, 6.45) is 3.38. The van der Waals surface area contributed by atoms with Crippen LogP contribution in [0.3, 0.4) is 0 Å². The van der Waals surface area contributed by atoms with E-state index in [0.717, 1.165) is 30.5 Å². The Hall–Kier alpha value is -1.35. The molecule has 1 rings (SSSR count). The fourth-order valence-corrected chi connectivity index (χ4v) is 1.86. The van der Waals surface area contributed by atoms with Crippen molar-refractivity contribution < 1.29 is 9.53 Å². The molecule has 0 spiro atoms. The Morgan fingerprint density at radius 1 is 1.20 bits per heavy atom. The van der Waals surface area contributed by atoms with Crippen LogP contribution >= 0.6 is 0 Å². The number of benzene rings is 1. The van der Waals surface area contributed by atoms with Crippen molar-refractivity contribution in [3.8, 4) is 0 Å². The van der Waals surface area contributed by atoms with Crippen LogP contribution in [0.15, 0.2) is 24.3 Å². The summed E-state index contributed by atoms with van der Waals surface area (Å²) in [5.74, 6) is 0.126. The lowest BCUT2D eigenvalue weighted by atomic mass is 10.1. The molecular weight excluding hydrogens is 250 g/mol. The Morgan fingerprint density at radius 3 is 2.40 bits per heavy atom. The van der Waals surface area contributed by atoms with E-state index in [0.29, 0.717) is 12.7 Å². The highest BCUT2D eigenvalue weighted by Gasteiger charge is 2.10. The standard InChI is InChI=1S/C17H27NO2/c1-5-7-14(4)20-12-15-8-10-16(11-9-15)18-17(19)13(3)6-2/h8-11,13-14H,5-7,12H2,1-4H3,(H,18,19). The summed E-state index contributed by atoms with van der Waals surface area (Å²) in [4.78, 5) is 11.8. The SMILES string of the molecule is CCCC(C)OCc1ccc(NC(=O)C(C)CC)cc1. The van der Waals surface area contributed by atoms with Crippen molar-refractivity contribution in [1.82, 2.24) is 0 Å². The van der Waals surface area contributed by atoms with Crippen molar-refractivity contribution >= 4 is 11.6 Å². The van der Waals surface area contributed by atoms with Gasteiger partial charge in [0.05, 0.1) is 12.7 Å². The molecule has 20 heavy (non-hydrogen) atoms. The van der Waals surface area contributed by atoms with Crippen LogP contribution in [-0.4, -0.2) is 12.0 Å². The summed E-state index contributed by atoms with van der Waals surface area (Å²) in [5, 5.41) is 2.93. The van der Waals surface area contributed by atoms with Crippen LogP contribution in [0.25, 0.3) is 0 Å². The maximum absolute atomic E-state index is 11.8. The highest BCUT2D eigenvalue weighted by Crippen LogP contribution is 2.14. The first-order valence-corrected chi connectivity index (χ1v) is 7.58. The van der Waals surface area contributed by atoms with Crippen LogP contribution in [0.1, 0.15) is 52.5 Å². The van der Waals surface area contributed by atoms with E-state index in [9.17, 15) is 4.79 Å². The van der Waals surface area contributed by atoms with Crippen LogP contribution in [0, 0.1) is 5.92 Å². The van der Waals surface area contributed by atoms with Crippen molar-refractivity contribution in [3.63, 3.8) is 0 Å². The van der Waals surface area contributed by atoms with Crippen molar-refractivity contribution in [3.05, 3.63) is 29.8 Å². The Kier molecular flexibility index (Phi) is 7.31. The molecule has 1 aromatic rings. The van der Waals surface area contributed by atoms with Gasteiger partial charge in [-0.3, -0.25) is 4.79 Å². The molecule has 0 aliphatic carbocycles. The molecule has 0 aliphatic rings. The molecule has 0 heterocycles. The van der Waals surface area contributed by atoms with Gasteiger partial charge >= 0.3 is 0 Å². The Labute approximate surface area is 122 Å². The van der Waals surface area contributed by atoms with E-state index in [-0.39, 0.29) is 11.8 Å². The Morgan fingerprint density at radius 2 is 1.85 bits per heavy atom. The molecule has 0 saturated heterocycles. The van der Waals surface area contributed by atoms with Gasteiger partial charge in [-0.15, -0.1) is 0 Å².